The van der Waals surface area contributed by atoms with Crippen molar-refractivity contribution in [1.82, 2.24) is 19.4 Å². The Bertz CT molecular complexity index is 1400. The lowest BCUT2D eigenvalue weighted by molar-refractivity contribution is -0.137. The van der Waals surface area contributed by atoms with Crippen LogP contribution in [0.15, 0.2) is 39.5 Å². The smallest absolute Gasteiger partial charge is 0.408 e. The number of amides is 1. The summed E-state index contributed by atoms with van der Waals surface area (Å²) in [6.45, 7) is 1.16. The van der Waals surface area contributed by atoms with Crippen LogP contribution >= 0.6 is 11.6 Å². The standard InChI is InChI=1S/C19H13ClF4N4O3/c1-8(29)25-17(28-15-13(31-18(28)30)6-4-10(20)14(15)21)16-26-11-7-9(19(22,23)24)3-5-12(11)27(16)2/h3-7,17H,1-2H3,(H,25,29). The zero-order valence-corrected chi connectivity index (χ0v) is 16.7. The molecule has 0 spiro atoms. The largest absolute Gasteiger partial charge is 0.422 e. The summed E-state index contributed by atoms with van der Waals surface area (Å²) in [4.78, 5) is 28.6. The molecule has 1 atom stereocenters. The minimum atomic E-state index is -4.58. The Morgan fingerprint density at radius 3 is 2.61 bits per heavy atom. The molecule has 0 aliphatic heterocycles. The minimum Gasteiger partial charge on any atom is -0.408 e. The average molecular weight is 457 g/mol. The van der Waals surface area contributed by atoms with E-state index in [1.807, 2.05) is 0 Å². The number of carbonyl (C=O) groups excluding carboxylic acids is 1. The Hall–Kier alpha value is -3.34. The van der Waals surface area contributed by atoms with Crippen LogP contribution in [0.3, 0.4) is 0 Å². The number of benzene rings is 2. The zero-order chi connectivity index (χ0) is 22.7. The number of imidazole rings is 1. The number of hydrogen-bond donors (Lipinski definition) is 1. The predicted octanol–water partition coefficient (Wildman–Crippen LogP) is 3.98. The Balaban J connectivity index is 2.00. The molecule has 4 aromatic rings. The van der Waals surface area contributed by atoms with Gasteiger partial charge < -0.3 is 14.3 Å². The molecule has 7 nitrogen and oxygen atoms in total. The lowest BCUT2D eigenvalue weighted by Crippen LogP contribution is -2.37. The quantitative estimate of drug-likeness (QED) is 0.473. The van der Waals surface area contributed by atoms with Gasteiger partial charge in [0, 0.05) is 14.0 Å². The van der Waals surface area contributed by atoms with Crippen LogP contribution in [0.4, 0.5) is 17.6 Å². The monoisotopic (exact) mass is 456 g/mol. The number of hydrogen-bond acceptors (Lipinski definition) is 4. The van der Waals surface area contributed by atoms with Crippen LogP contribution < -0.4 is 11.1 Å². The van der Waals surface area contributed by atoms with Gasteiger partial charge in [-0.25, -0.2) is 18.7 Å². The molecule has 0 radical (unpaired) electrons. The van der Waals surface area contributed by atoms with Crippen molar-refractivity contribution in [2.24, 2.45) is 7.05 Å². The molecule has 0 bridgehead atoms. The van der Waals surface area contributed by atoms with Gasteiger partial charge in [-0.05, 0) is 30.3 Å². The lowest BCUT2D eigenvalue weighted by Gasteiger charge is -2.19. The zero-order valence-electron chi connectivity index (χ0n) is 15.9. The van der Waals surface area contributed by atoms with E-state index in [-0.39, 0.29) is 27.5 Å². The summed E-state index contributed by atoms with van der Waals surface area (Å²) in [5, 5.41) is 2.19. The van der Waals surface area contributed by atoms with E-state index in [9.17, 15) is 27.2 Å². The van der Waals surface area contributed by atoms with E-state index in [0.717, 1.165) is 23.6 Å². The minimum absolute atomic E-state index is 0.0197. The summed E-state index contributed by atoms with van der Waals surface area (Å²) in [5.41, 5.74) is -1.08. The van der Waals surface area contributed by atoms with Crippen LogP contribution in [0, 0.1) is 5.82 Å². The summed E-state index contributed by atoms with van der Waals surface area (Å²) in [6.07, 6.45) is -5.97. The molecule has 0 fully saturated rings. The van der Waals surface area contributed by atoms with Crippen LogP contribution in [0.5, 0.6) is 0 Å². The number of carbonyl (C=O) groups is 1. The van der Waals surface area contributed by atoms with E-state index in [2.05, 4.69) is 10.3 Å². The molecular formula is C19H13ClF4N4O3. The highest BCUT2D eigenvalue weighted by atomic mass is 35.5. The first kappa shape index (κ1) is 20.9. The van der Waals surface area contributed by atoms with E-state index in [1.165, 1.54) is 29.8 Å². The van der Waals surface area contributed by atoms with E-state index in [0.29, 0.717) is 5.52 Å². The van der Waals surface area contributed by atoms with E-state index < -0.39 is 35.4 Å². The fraction of sp³-hybridized carbons (Fsp3) is 0.211. The average Bonchev–Trinajstić information content (AvgIpc) is 3.19. The van der Waals surface area contributed by atoms with Crippen molar-refractivity contribution >= 4 is 39.6 Å². The molecule has 0 aliphatic rings. The van der Waals surface area contributed by atoms with Crippen molar-refractivity contribution in [3.05, 3.63) is 63.1 Å². The van der Waals surface area contributed by atoms with Crippen LogP contribution in [0.1, 0.15) is 24.5 Å². The normalized spacial score (nSPS) is 13.1. The van der Waals surface area contributed by atoms with Crippen molar-refractivity contribution in [2.45, 2.75) is 19.3 Å². The molecule has 31 heavy (non-hydrogen) atoms. The van der Waals surface area contributed by atoms with Crippen molar-refractivity contribution < 1.29 is 26.8 Å². The molecule has 0 saturated heterocycles. The molecule has 4 rings (SSSR count). The third-order valence-corrected chi connectivity index (χ3v) is 5.04. The molecule has 1 unspecified atom stereocenters. The molecule has 12 heteroatoms. The van der Waals surface area contributed by atoms with Gasteiger partial charge in [0.1, 0.15) is 5.52 Å². The molecule has 1 N–H and O–H groups in total. The summed E-state index contributed by atoms with van der Waals surface area (Å²) in [5.74, 6) is -2.60. The first-order valence-corrected chi connectivity index (χ1v) is 9.16. The van der Waals surface area contributed by atoms with Crippen LogP contribution in [0.2, 0.25) is 5.02 Å². The van der Waals surface area contributed by atoms with Gasteiger partial charge in [-0.15, -0.1) is 0 Å². The van der Waals surface area contributed by atoms with Gasteiger partial charge in [0.15, 0.2) is 23.4 Å². The maximum atomic E-state index is 14.8. The van der Waals surface area contributed by atoms with Gasteiger partial charge in [0.05, 0.1) is 21.6 Å². The highest BCUT2D eigenvalue weighted by Gasteiger charge is 2.32. The number of nitrogens with one attached hydrogen (secondary N) is 1. The Kier molecular flexibility index (Phi) is 4.80. The fourth-order valence-corrected chi connectivity index (χ4v) is 3.53. The molecule has 0 saturated carbocycles. The van der Waals surface area contributed by atoms with Gasteiger partial charge in [-0.2, -0.15) is 13.2 Å². The van der Waals surface area contributed by atoms with Crippen molar-refractivity contribution in [2.75, 3.05) is 0 Å². The first-order chi connectivity index (χ1) is 14.5. The third-order valence-electron chi connectivity index (χ3n) is 4.75. The fourth-order valence-electron chi connectivity index (χ4n) is 3.37. The molecule has 2 aromatic carbocycles. The number of nitrogens with zero attached hydrogens (tertiary/aromatic N) is 3. The molecule has 2 aromatic heterocycles. The highest BCUT2D eigenvalue weighted by Crippen LogP contribution is 2.33. The summed E-state index contributed by atoms with van der Waals surface area (Å²) >= 11 is 5.83. The second kappa shape index (κ2) is 7.12. The van der Waals surface area contributed by atoms with Crippen molar-refractivity contribution in [3.8, 4) is 0 Å². The SMILES string of the molecule is CC(=O)NC(c1nc2cc(C(F)(F)F)ccc2n1C)n1c(=O)oc2ccc(Cl)c(F)c21. The molecule has 1 amide bonds. The van der Waals surface area contributed by atoms with Crippen LogP contribution in [-0.2, 0) is 18.0 Å². The maximum absolute atomic E-state index is 14.8. The van der Waals surface area contributed by atoms with E-state index >= 15 is 0 Å². The first-order valence-electron chi connectivity index (χ1n) is 8.78. The number of halogens is 5. The van der Waals surface area contributed by atoms with E-state index in [1.54, 1.807) is 0 Å². The maximum Gasteiger partial charge on any atom is 0.422 e. The Morgan fingerprint density at radius 2 is 1.97 bits per heavy atom. The number of fused-ring (bicyclic) bond motifs is 2. The number of oxazole rings is 1. The summed E-state index contributed by atoms with van der Waals surface area (Å²) < 4.78 is 61.3. The van der Waals surface area contributed by atoms with Crippen molar-refractivity contribution in [3.63, 3.8) is 0 Å². The van der Waals surface area contributed by atoms with Gasteiger partial charge in [0.25, 0.3) is 0 Å². The Labute approximate surface area is 175 Å². The highest BCUT2D eigenvalue weighted by molar-refractivity contribution is 6.31. The number of aromatic nitrogens is 3. The number of rotatable bonds is 3. The van der Waals surface area contributed by atoms with Gasteiger partial charge in [-0.3, -0.25) is 4.79 Å². The topological polar surface area (TPSA) is 82.1 Å². The molecule has 2 heterocycles. The van der Waals surface area contributed by atoms with Gasteiger partial charge >= 0.3 is 11.9 Å². The molecule has 0 aliphatic carbocycles. The number of aryl methyl sites for hydroxylation is 1. The van der Waals surface area contributed by atoms with Gasteiger partial charge in [-0.1, -0.05) is 11.6 Å². The van der Waals surface area contributed by atoms with Crippen LogP contribution in [-0.4, -0.2) is 20.0 Å². The second-order valence-electron chi connectivity index (χ2n) is 6.78. The number of alkyl halides is 3. The van der Waals surface area contributed by atoms with Crippen molar-refractivity contribution in [1.29, 1.82) is 0 Å². The summed E-state index contributed by atoms with van der Waals surface area (Å²) in [7, 11) is 1.49. The van der Waals surface area contributed by atoms with Gasteiger partial charge in [0.2, 0.25) is 5.91 Å². The lowest BCUT2D eigenvalue weighted by atomic mass is 10.2. The molecular weight excluding hydrogens is 444 g/mol. The third kappa shape index (κ3) is 3.44. The predicted molar refractivity (Wildman–Crippen MR) is 103 cm³/mol. The second-order valence-corrected chi connectivity index (χ2v) is 7.19. The summed E-state index contributed by atoms with van der Waals surface area (Å²) in [6, 6.07) is 5.44. The van der Waals surface area contributed by atoms with Crippen LogP contribution in [0.25, 0.3) is 22.1 Å². The Morgan fingerprint density at radius 1 is 1.26 bits per heavy atom. The molecule has 162 valence electrons. The van der Waals surface area contributed by atoms with E-state index in [4.69, 9.17) is 16.0 Å².